The fourth-order valence-corrected chi connectivity index (χ4v) is 3.12. The first-order chi connectivity index (χ1) is 10.7. The van der Waals surface area contributed by atoms with Crippen molar-refractivity contribution in [3.05, 3.63) is 58.3 Å². The Kier molecular flexibility index (Phi) is 5.18. The monoisotopic (exact) mass is 400 g/mol. The molecule has 0 aliphatic heterocycles. The number of nitrogens with zero attached hydrogens (tertiary/aromatic N) is 1. The van der Waals surface area contributed by atoms with Crippen LogP contribution in [0, 0.1) is 5.82 Å². The lowest BCUT2D eigenvalue weighted by molar-refractivity contribution is 0.102. The van der Waals surface area contributed by atoms with Crippen LogP contribution in [0.5, 0.6) is 0 Å². The topological polar surface area (TPSA) is 66.5 Å². The van der Waals surface area contributed by atoms with Gasteiger partial charge in [-0.2, -0.15) is 0 Å². The highest BCUT2D eigenvalue weighted by Gasteiger charge is 2.18. The summed E-state index contributed by atoms with van der Waals surface area (Å²) in [6.45, 7) is 0. The molecule has 0 saturated heterocycles. The number of benzene rings is 2. The summed E-state index contributed by atoms with van der Waals surface area (Å²) in [5, 5.41) is 2.49. The van der Waals surface area contributed by atoms with Gasteiger partial charge in [0.2, 0.25) is 10.0 Å². The van der Waals surface area contributed by atoms with Crippen molar-refractivity contribution in [2.75, 3.05) is 19.4 Å². The van der Waals surface area contributed by atoms with Gasteiger partial charge in [0.15, 0.2) is 0 Å². The first kappa shape index (κ1) is 17.6. The Balaban J connectivity index is 2.31. The second-order valence-corrected chi connectivity index (χ2v) is 7.96. The van der Waals surface area contributed by atoms with Crippen LogP contribution >= 0.6 is 15.9 Å². The maximum Gasteiger partial charge on any atom is 0.258 e. The van der Waals surface area contributed by atoms with Crippen molar-refractivity contribution in [2.24, 2.45) is 0 Å². The van der Waals surface area contributed by atoms with Gasteiger partial charge in [-0.3, -0.25) is 4.79 Å². The van der Waals surface area contributed by atoms with Crippen LogP contribution in [0.25, 0.3) is 0 Å². The molecule has 0 radical (unpaired) electrons. The lowest BCUT2D eigenvalue weighted by Crippen LogP contribution is -2.22. The minimum atomic E-state index is -3.61. The molecule has 0 saturated carbocycles. The van der Waals surface area contributed by atoms with Gasteiger partial charge in [0.1, 0.15) is 5.82 Å². The quantitative estimate of drug-likeness (QED) is 0.857. The summed E-state index contributed by atoms with van der Waals surface area (Å²) >= 11 is 3.17. The molecule has 2 aromatic carbocycles. The molecule has 8 heteroatoms. The van der Waals surface area contributed by atoms with Gasteiger partial charge in [0.05, 0.1) is 10.5 Å². The van der Waals surface area contributed by atoms with Crippen molar-refractivity contribution in [3.63, 3.8) is 0 Å². The number of hydrogen-bond acceptors (Lipinski definition) is 3. The molecule has 2 rings (SSSR count). The van der Waals surface area contributed by atoms with Crippen LogP contribution in [0.3, 0.4) is 0 Å². The van der Waals surface area contributed by atoms with Crippen molar-refractivity contribution in [1.82, 2.24) is 4.31 Å². The summed E-state index contributed by atoms with van der Waals surface area (Å²) in [5.41, 5.74) is 0.123. The van der Waals surface area contributed by atoms with E-state index in [1.165, 1.54) is 56.6 Å². The van der Waals surface area contributed by atoms with Crippen molar-refractivity contribution < 1.29 is 17.6 Å². The number of amides is 1. The van der Waals surface area contributed by atoms with Crippen molar-refractivity contribution in [1.29, 1.82) is 0 Å². The Morgan fingerprint density at radius 1 is 1.17 bits per heavy atom. The molecule has 0 bridgehead atoms. The van der Waals surface area contributed by atoms with E-state index in [1.807, 2.05) is 0 Å². The van der Waals surface area contributed by atoms with Gasteiger partial charge in [-0.15, -0.1) is 0 Å². The number of rotatable bonds is 4. The lowest BCUT2D eigenvalue weighted by atomic mass is 10.2. The van der Waals surface area contributed by atoms with Crippen LogP contribution in [0.4, 0.5) is 10.1 Å². The molecule has 0 heterocycles. The molecule has 122 valence electrons. The average Bonchev–Trinajstić information content (AvgIpc) is 2.49. The predicted octanol–water partition coefficient (Wildman–Crippen LogP) is 3.09. The normalized spacial score (nSPS) is 11.5. The number of halogens is 2. The predicted molar refractivity (Wildman–Crippen MR) is 89.4 cm³/mol. The summed E-state index contributed by atoms with van der Waals surface area (Å²) in [6.07, 6.45) is 0. The Labute approximate surface area is 142 Å². The van der Waals surface area contributed by atoms with Gasteiger partial charge in [0, 0.05) is 24.3 Å². The van der Waals surface area contributed by atoms with E-state index in [1.54, 1.807) is 0 Å². The van der Waals surface area contributed by atoms with Crippen LogP contribution in [-0.4, -0.2) is 32.7 Å². The Morgan fingerprint density at radius 2 is 1.87 bits per heavy atom. The van der Waals surface area contributed by atoms with E-state index in [4.69, 9.17) is 0 Å². The molecule has 2 aromatic rings. The van der Waals surface area contributed by atoms with Crippen molar-refractivity contribution >= 4 is 37.5 Å². The molecule has 23 heavy (non-hydrogen) atoms. The summed E-state index contributed by atoms with van der Waals surface area (Å²) in [4.78, 5) is 12.2. The molecular formula is C15H14BrFN2O3S. The van der Waals surface area contributed by atoms with Crippen molar-refractivity contribution in [3.8, 4) is 0 Å². The summed E-state index contributed by atoms with van der Waals surface area (Å²) in [5.74, 6) is -1.33. The molecule has 0 aliphatic rings. The number of carbonyl (C=O) groups is 1. The van der Waals surface area contributed by atoms with Gasteiger partial charge in [-0.25, -0.2) is 17.1 Å². The second-order valence-electron chi connectivity index (χ2n) is 4.89. The van der Waals surface area contributed by atoms with Gasteiger partial charge in [-0.1, -0.05) is 22.0 Å². The largest absolute Gasteiger partial charge is 0.322 e. The molecule has 0 aliphatic carbocycles. The van der Waals surface area contributed by atoms with Crippen LogP contribution in [-0.2, 0) is 10.0 Å². The van der Waals surface area contributed by atoms with E-state index >= 15 is 0 Å². The number of sulfonamides is 1. The third-order valence-corrected chi connectivity index (χ3v) is 5.35. The van der Waals surface area contributed by atoms with E-state index in [0.717, 1.165) is 4.31 Å². The number of nitrogens with one attached hydrogen (secondary N) is 1. The number of hydrogen-bond donors (Lipinski definition) is 1. The zero-order chi connectivity index (χ0) is 17.2. The van der Waals surface area contributed by atoms with E-state index in [0.29, 0.717) is 4.47 Å². The third-order valence-electron chi connectivity index (χ3n) is 3.04. The fraction of sp³-hybridized carbons (Fsp3) is 0.133. The third kappa shape index (κ3) is 3.95. The molecule has 0 atom stereocenters. The van der Waals surface area contributed by atoms with Gasteiger partial charge < -0.3 is 5.32 Å². The molecule has 1 amide bonds. The Morgan fingerprint density at radius 3 is 2.52 bits per heavy atom. The average molecular weight is 401 g/mol. The van der Waals surface area contributed by atoms with Crippen LogP contribution in [0.15, 0.2) is 51.8 Å². The van der Waals surface area contributed by atoms with Crippen LogP contribution < -0.4 is 5.32 Å². The Hall–Kier alpha value is -1.77. The van der Waals surface area contributed by atoms with E-state index in [-0.39, 0.29) is 16.1 Å². The minimum absolute atomic E-state index is 0.0371. The number of carbonyl (C=O) groups excluding carboxylic acids is 1. The highest BCUT2D eigenvalue weighted by atomic mass is 79.9. The summed E-state index contributed by atoms with van der Waals surface area (Å²) < 4.78 is 39.5. The zero-order valence-corrected chi connectivity index (χ0v) is 14.8. The lowest BCUT2D eigenvalue weighted by Gasteiger charge is -2.13. The maximum atomic E-state index is 13.7. The zero-order valence-electron chi connectivity index (χ0n) is 12.4. The van der Waals surface area contributed by atoms with E-state index in [2.05, 4.69) is 21.2 Å². The maximum absolute atomic E-state index is 13.7. The molecule has 0 aromatic heterocycles. The SMILES string of the molecule is CN(C)S(=O)(=O)c1cccc(NC(=O)c2cc(Br)ccc2F)c1. The highest BCUT2D eigenvalue weighted by Crippen LogP contribution is 2.20. The molecule has 0 fully saturated rings. The van der Waals surface area contributed by atoms with Crippen molar-refractivity contribution in [2.45, 2.75) is 4.90 Å². The molecule has 0 unspecified atom stereocenters. The van der Waals surface area contributed by atoms with Gasteiger partial charge in [-0.05, 0) is 36.4 Å². The summed E-state index contributed by atoms with van der Waals surface area (Å²) in [7, 11) is -0.786. The van der Waals surface area contributed by atoms with Gasteiger partial charge in [0.25, 0.3) is 5.91 Å². The van der Waals surface area contributed by atoms with Crippen LogP contribution in [0.2, 0.25) is 0 Å². The smallest absolute Gasteiger partial charge is 0.258 e. The van der Waals surface area contributed by atoms with E-state index in [9.17, 15) is 17.6 Å². The highest BCUT2D eigenvalue weighted by molar-refractivity contribution is 9.10. The molecule has 0 spiro atoms. The van der Waals surface area contributed by atoms with Gasteiger partial charge >= 0.3 is 0 Å². The molecule has 5 nitrogen and oxygen atoms in total. The number of anilines is 1. The minimum Gasteiger partial charge on any atom is -0.322 e. The molecular weight excluding hydrogens is 387 g/mol. The summed E-state index contributed by atoms with van der Waals surface area (Å²) in [6, 6.07) is 9.78. The van der Waals surface area contributed by atoms with E-state index < -0.39 is 21.7 Å². The second kappa shape index (κ2) is 6.77. The first-order valence-corrected chi connectivity index (χ1v) is 8.74. The fourth-order valence-electron chi connectivity index (χ4n) is 1.82. The first-order valence-electron chi connectivity index (χ1n) is 6.51. The van der Waals surface area contributed by atoms with Crippen LogP contribution in [0.1, 0.15) is 10.4 Å². The standard InChI is InChI=1S/C15H14BrFN2O3S/c1-19(2)23(21,22)12-5-3-4-11(9-12)18-15(20)13-8-10(16)6-7-14(13)17/h3-9H,1-2H3,(H,18,20). The molecule has 1 N–H and O–H groups in total. The Bertz CT molecular complexity index is 854.